The number of aromatic nitrogens is 3. The summed E-state index contributed by atoms with van der Waals surface area (Å²) in [5.74, 6) is 2.69. The van der Waals surface area contributed by atoms with E-state index in [1.54, 1.807) is 25.5 Å². The summed E-state index contributed by atoms with van der Waals surface area (Å²) in [6, 6.07) is 2.14. The van der Waals surface area contributed by atoms with Crippen molar-refractivity contribution in [3.63, 3.8) is 0 Å². The Morgan fingerprint density at radius 3 is 2.73 bits per heavy atom. The lowest BCUT2D eigenvalue weighted by molar-refractivity contribution is 0.0880. The number of aryl methyl sites for hydroxylation is 1. The molecule has 8 nitrogen and oxygen atoms in total. The molecular weight excluding hydrogens is 500 g/mol. The van der Waals surface area contributed by atoms with Gasteiger partial charge in [-0.15, -0.1) is 0 Å². The largest absolute Gasteiger partial charge is 0.497 e. The molecule has 3 heterocycles. The Labute approximate surface area is 239 Å². The fourth-order valence-electron chi connectivity index (χ4n) is 4.58. The zero-order valence-electron chi connectivity index (χ0n) is 25.0. The molecular formula is C32H44N6O2. The number of aliphatic imine (C=N–C) groups is 2. The van der Waals surface area contributed by atoms with E-state index in [1.807, 2.05) is 27.8 Å². The number of allylic oxidation sites excluding steroid dienone is 4. The molecule has 0 unspecified atom stereocenters. The summed E-state index contributed by atoms with van der Waals surface area (Å²) >= 11 is 0. The van der Waals surface area contributed by atoms with Gasteiger partial charge in [-0.25, -0.2) is 15.0 Å². The predicted molar refractivity (Wildman–Crippen MR) is 166 cm³/mol. The third kappa shape index (κ3) is 8.28. The van der Waals surface area contributed by atoms with E-state index in [2.05, 4.69) is 41.9 Å². The van der Waals surface area contributed by atoms with Gasteiger partial charge in [0.05, 0.1) is 35.3 Å². The second-order valence-electron chi connectivity index (χ2n) is 10.4. The standard InChI is InChI=1S/C32H44N6O2/c1-9-11-22(5)15-24-16-28(38(8)20-24)26-19-35-31-27(18-34-7)29(14-21(3)4)39-13-12-23(6)40-25(10-2)17-30(33)36-32(26)37-31/h16-20,23H,3,5,9-15H2,1-2,4,6-8H3,(H2,33,35,36,37)/b25-17+,29-27-,34-18?/t23-/m0/s1. The Morgan fingerprint density at radius 2 is 2.05 bits per heavy atom. The summed E-state index contributed by atoms with van der Waals surface area (Å²) in [5, 5.41) is 0. The fraction of sp³-hybridized carbons (Fsp3) is 0.438. The lowest BCUT2D eigenvalue weighted by Crippen LogP contribution is -2.15. The van der Waals surface area contributed by atoms with Crippen LogP contribution in [0, 0.1) is 0 Å². The molecule has 0 saturated carbocycles. The summed E-state index contributed by atoms with van der Waals surface area (Å²) < 4.78 is 14.5. The van der Waals surface area contributed by atoms with Crippen molar-refractivity contribution >= 4 is 23.4 Å². The highest BCUT2D eigenvalue weighted by Gasteiger charge is 2.19. The van der Waals surface area contributed by atoms with Crippen LogP contribution in [-0.4, -0.2) is 46.3 Å². The van der Waals surface area contributed by atoms with Crippen LogP contribution in [0.4, 0.5) is 5.82 Å². The van der Waals surface area contributed by atoms with E-state index in [0.717, 1.165) is 41.9 Å². The first-order chi connectivity index (χ1) is 19.1. The van der Waals surface area contributed by atoms with Crippen LogP contribution in [0.2, 0.25) is 0 Å². The second-order valence-corrected chi connectivity index (χ2v) is 10.4. The molecule has 0 radical (unpaired) electrons. The number of rotatable bonds is 9. The molecule has 0 saturated heterocycles. The molecule has 2 bridgehead atoms. The third-order valence-electron chi connectivity index (χ3n) is 6.47. The maximum atomic E-state index is 6.45. The summed E-state index contributed by atoms with van der Waals surface area (Å²) in [5.41, 5.74) is 12.2. The van der Waals surface area contributed by atoms with Crippen molar-refractivity contribution in [3.8, 4) is 11.3 Å². The third-order valence-corrected chi connectivity index (χ3v) is 6.47. The monoisotopic (exact) mass is 544 g/mol. The highest BCUT2D eigenvalue weighted by Crippen LogP contribution is 2.32. The van der Waals surface area contributed by atoms with Gasteiger partial charge >= 0.3 is 0 Å². The van der Waals surface area contributed by atoms with E-state index >= 15 is 0 Å². The minimum absolute atomic E-state index is 0.0646. The van der Waals surface area contributed by atoms with E-state index in [-0.39, 0.29) is 6.10 Å². The van der Waals surface area contributed by atoms with Gasteiger partial charge in [0.2, 0.25) is 0 Å². The SMILES string of the molecule is C=C(C)C/C1=C(\C=NC)c2ncc(-c3cc(CC(=C)CCC)cn3C)c(n2)N=C(N)/C=C(\CC)O[C@@H](C)CCO1. The van der Waals surface area contributed by atoms with Gasteiger partial charge in [0.25, 0.3) is 0 Å². The van der Waals surface area contributed by atoms with Gasteiger partial charge in [0.15, 0.2) is 11.6 Å². The number of ether oxygens (including phenoxy) is 2. The number of hydrogen-bond donors (Lipinski definition) is 1. The molecule has 1 aliphatic heterocycles. The van der Waals surface area contributed by atoms with Crippen LogP contribution in [0.1, 0.15) is 71.2 Å². The van der Waals surface area contributed by atoms with Crippen LogP contribution in [0.5, 0.6) is 0 Å². The van der Waals surface area contributed by atoms with Crippen molar-refractivity contribution in [1.29, 1.82) is 0 Å². The van der Waals surface area contributed by atoms with E-state index in [1.165, 1.54) is 11.1 Å². The predicted octanol–water partition coefficient (Wildman–Crippen LogP) is 6.87. The average molecular weight is 545 g/mol. The van der Waals surface area contributed by atoms with Crippen molar-refractivity contribution in [3.05, 3.63) is 71.7 Å². The zero-order valence-corrected chi connectivity index (χ0v) is 25.0. The highest BCUT2D eigenvalue weighted by molar-refractivity contribution is 6.09. The zero-order chi connectivity index (χ0) is 29.2. The smallest absolute Gasteiger partial charge is 0.167 e. The Kier molecular flexibility index (Phi) is 11.1. The Bertz CT molecular complexity index is 1350. The van der Waals surface area contributed by atoms with Crippen molar-refractivity contribution in [2.24, 2.45) is 22.8 Å². The van der Waals surface area contributed by atoms with Gasteiger partial charge in [-0.05, 0) is 38.3 Å². The average Bonchev–Trinajstić information content (AvgIpc) is 3.24. The molecule has 40 heavy (non-hydrogen) atoms. The number of nitrogens with two attached hydrogens (primary N) is 1. The summed E-state index contributed by atoms with van der Waals surface area (Å²) in [6.07, 6.45) is 12.2. The molecule has 0 amide bonds. The summed E-state index contributed by atoms with van der Waals surface area (Å²) in [7, 11) is 3.73. The maximum Gasteiger partial charge on any atom is 0.167 e. The van der Waals surface area contributed by atoms with Gasteiger partial charge in [0.1, 0.15) is 11.6 Å². The van der Waals surface area contributed by atoms with Gasteiger partial charge in [-0.1, -0.05) is 44.6 Å². The van der Waals surface area contributed by atoms with Crippen molar-refractivity contribution in [2.45, 2.75) is 72.3 Å². The summed E-state index contributed by atoms with van der Waals surface area (Å²) in [4.78, 5) is 18.7. The van der Waals surface area contributed by atoms with Crippen molar-refractivity contribution < 1.29 is 9.47 Å². The molecule has 0 spiro atoms. The van der Waals surface area contributed by atoms with Crippen LogP contribution < -0.4 is 5.73 Å². The lowest BCUT2D eigenvalue weighted by Gasteiger charge is -2.19. The van der Waals surface area contributed by atoms with E-state index in [4.69, 9.17) is 30.2 Å². The topological polar surface area (TPSA) is 99.9 Å². The molecule has 0 aromatic carbocycles. The number of fused-ring (bicyclic) bond motifs is 2. The first-order valence-corrected chi connectivity index (χ1v) is 14.0. The molecule has 2 N–H and O–H groups in total. The Hall–Kier alpha value is -3.94. The van der Waals surface area contributed by atoms with Crippen molar-refractivity contribution in [2.75, 3.05) is 13.7 Å². The first kappa shape index (κ1) is 30.6. The molecule has 214 valence electrons. The molecule has 8 heteroatoms. The van der Waals surface area contributed by atoms with E-state index in [9.17, 15) is 0 Å². The molecule has 3 rings (SSSR count). The Balaban J connectivity index is 2.25. The van der Waals surface area contributed by atoms with Crippen molar-refractivity contribution in [1.82, 2.24) is 14.5 Å². The Morgan fingerprint density at radius 1 is 1.27 bits per heavy atom. The second kappa shape index (κ2) is 14.4. The number of hydrogen-bond acceptors (Lipinski definition) is 7. The van der Waals surface area contributed by atoms with Crippen LogP contribution in [0.3, 0.4) is 0 Å². The van der Waals surface area contributed by atoms with Gasteiger partial charge in [-0.2, -0.15) is 0 Å². The van der Waals surface area contributed by atoms with Gasteiger partial charge < -0.3 is 19.8 Å². The number of nitrogens with zero attached hydrogens (tertiary/aromatic N) is 5. The lowest BCUT2D eigenvalue weighted by atomic mass is 10.0. The molecule has 2 aromatic heterocycles. The fourth-order valence-corrected chi connectivity index (χ4v) is 4.58. The summed E-state index contributed by atoms with van der Waals surface area (Å²) in [6.45, 7) is 17.0. The first-order valence-electron chi connectivity index (χ1n) is 14.0. The number of amidine groups is 1. The van der Waals surface area contributed by atoms with Crippen LogP contribution in [-0.2, 0) is 22.9 Å². The quantitative estimate of drug-likeness (QED) is 0.274. The molecule has 0 fully saturated rings. The van der Waals surface area contributed by atoms with Crippen LogP contribution in [0.25, 0.3) is 16.8 Å². The minimum atomic E-state index is -0.0646. The molecule has 1 aliphatic rings. The van der Waals surface area contributed by atoms with E-state index < -0.39 is 0 Å². The van der Waals surface area contributed by atoms with Crippen LogP contribution in [0.15, 0.2) is 70.3 Å². The minimum Gasteiger partial charge on any atom is -0.497 e. The highest BCUT2D eigenvalue weighted by atomic mass is 16.5. The van der Waals surface area contributed by atoms with Gasteiger partial charge in [-0.3, -0.25) is 4.99 Å². The van der Waals surface area contributed by atoms with Gasteiger partial charge in [0, 0.05) is 58.0 Å². The molecule has 2 aromatic rings. The van der Waals surface area contributed by atoms with E-state index in [0.29, 0.717) is 54.7 Å². The molecule has 1 atom stereocenters. The van der Waals surface area contributed by atoms with Crippen LogP contribution >= 0.6 is 0 Å². The normalized spacial score (nSPS) is 19.7. The molecule has 0 aliphatic carbocycles. The maximum absolute atomic E-state index is 6.45.